The lowest BCUT2D eigenvalue weighted by atomic mass is 10.1. The minimum absolute atomic E-state index is 0.0208. The predicted molar refractivity (Wildman–Crippen MR) is 45.8 cm³/mol. The smallest absolute Gasteiger partial charge is 0.162 e. The monoisotopic (exact) mass is 167 g/mol. The van der Waals surface area contributed by atoms with Crippen LogP contribution in [0.15, 0.2) is 24.3 Å². The summed E-state index contributed by atoms with van der Waals surface area (Å²) < 4.78 is 0. The number of ketones is 1. The normalized spacial score (nSPS) is 9.64. The Hall–Kier alpha value is -0.820. The lowest BCUT2D eigenvalue weighted by Gasteiger charge is -1.96. The Morgan fingerprint density at radius 3 is 2.82 bits per heavy atom. The number of Topliss-reactive ketones (excluding diaryl/α,β-unsaturated/α-hetero) is 1. The molecule has 1 rings (SSSR count). The third kappa shape index (κ3) is 2.05. The molecule has 2 heteroatoms. The molecule has 0 aliphatic heterocycles. The van der Waals surface area contributed by atoms with Gasteiger partial charge >= 0.3 is 0 Å². The standard InChI is InChI=1S/C9H8ClO/c1-2-9(11)7-4-3-5-8(10)6-7/h3-6H,1-2H2. The van der Waals surface area contributed by atoms with Crippen LogP contribution in [0.3, 0.4) is 0 Å². The number of carbonyl (C=O) groups is 1. The summed E-state index contributed by atoms with van der Waals surface area (Å²) in [5.41, 5.74) is 0.632. The van der Waals surface area contributed by atoms with Gasteiger partial charge < -0.3 is 0 Å². The summed E-state index contributed by atoms with van der Waals surface area (Å²) in [6, 6.07) is 6.88. The Balaban J connectivity index is 2.96. The van der Waals surface area contributed by atoms with E-state index in [0.29, 0.717) is 10.6 Å². The summed E-state index contributed by atoms with van der Waals surface area (Å²) in [6.07, 6.45) is 0.278. The molecule has 1 aromatic rings. The average molecular weight is 168 g/mol. The second-order valence-electron chi connectivity index (χ2n) is 2.18. The molecule has 0 saturated heterocycles. The zero-order valence-electron chi connectivity index (χ0n) is 6.01. The number of rotatable bonds is 2. The van der Waals surface area contributed by atoms with E-state index in [1.807, 2.05) is 0 Å². The van der Waals surface area contributed by atoms with Crippen molar-refractivity contribution in [3.8, 4) is 0 Å². The van der Waals surface area contributed by atoms with E-state index in [-0.39, 0.29) is 12.2 Å². The molecule has 0 saturated carbocycles. The van der Waals surface area contributed by atoms with E-state index in [2.05, 4.69) is 6.92 Å². The first-order valence-electron chi connectivity index (χ1n) is 3.32. The molecule has 11 heavy (non-hydrogen) atoms. The number of carbonyl (C=O) groups excluding carboxylic acids is 1. The molecule has 0 heterocycles. The van der Waals surface area contributed by atoms with E-state index in [1.54, 1.807) is 24.3 Å². The van der Waals surface area contributed by atoms with Crippen molar-refractivity contribution in [1.82, 2.24) is 0 Å². The molecule has 1 aromatic carbocycles. The van der Waals surface area contributed by atoms with E-state index in [9.17, 15) is 4.79 Å². The van der Waals surface area contributed by atoms with Gasteiger partial charge in [-0.1, -0.05) is 23.7 Å². The lowest BCUT2D eigenvalue weighted by Crippen LogP contribution is -1.95. The first-order valence-corrected chi connectivity index (χ1v) is 3.70. The van der Waals surface area contributed by atoms with Gasteiger partial charge in [0.1, 0.15) is 0 Å². The molecule has 0 atom stereocenters. The van der Waals surface area contributed by atoms with Gasteiger partial charge in [-0.25, -0.2) is 0 Å². The summed E-state index contributed by atoms with van der Waals surface area (Å²) in [5, 5.41) is 0.587. The van der Waals surface area contributed by atoms with E-state index in [1.165, 1.54) is 0 Å². The van der Waals surface area contributed by atoms with Crippen LogP contribution in [0.5, 0.6) is 0 Å². The maximum atomic E-state index is 11.0. The van der Waals surface area contributed by atoms with Gasteiger partial charge in [0.15, 0.2) is 5.78 Å². The van der Waals surface area contributed by atoms with Gasteiger partial charge in [-0.3, -0.25) is 4.79 Å². The molecule has 0 N–H and O–H groups in total. The fraction of sp³-hybridized carbons (Fsp3) is 0.111. The highest BCUT2D eigenvalue weighted by Crippen LogP contribution is 2.11. The van der Waals surface area contributed by atoms with Gasteiger partial charge in [-0.05, 0) is 19.1 Å². The van der Waals surface area contributed by atoms with E-state index in [4.69, 9.17) is 11.6 Å². The van der Waals surface area contributed by atoms with Gasteiger partial charge in [0.25, 0.3) is 0 Å². The van der Waals surface area contributed by atoms with Crippen LogP contribution in [-0.4, -0.2) is 5.78 Å². The fourth-order valence-electron chi connectivity index (χ4n) is 0.806. The minimum Gasteiger partial charge on any atom is -0.294 e. The second kappa shape index (κ2) is 3.54. The number of hydrogen-bond donors (Lipinski definition) is 0. The Morgan fingerprint density at radius 1 is 1.55 bits per heavy atom. The maximum Gasteiger partial charge on any atom is 0.162 e. The number of halogens is 1. The van der Waals surface area contributed by atoms with Crippen LogP contribution < -0.4 is 0 Å². The van der Waals surface area contributed by atoms with Crippen molar-refractivity contribution in [2.75, 3.05) is 0 Å². The average Bonchev–Trinajstić information content (AvgIpc) is 2.03. The maximum absolute atomic E-state index is 11.0. The van der Waals surface area contributed by atoms with Crippen LogP contribution in [0.2, 0.25) is 5.02 Å². The molecule has 0 unspecified atom stereocenters. The number of benzene rings is 1. The van der Waals surface area contributed by atoms with Gasteiger partial charge in [-0.15, -0.1) is 0 Å². The topological polar surface area (TPSA) is 17.1 Å². The molecule has 0 bridgehead atoms. The van der Waals surface area contributed by atoms with Crippen molar-refractivity contribution in [1.29, 1.82) is 0 Å². The van der Waals surface area contributed by atoms with Crippen LogP contribution in [0.1, 0.15) is 16.8 Å². The van der Waals surface area contributed by atoms with Crippen LogP contribution >= 0.6 is 11.6 Å². The van der Waals surface area contributed by atoms with Gasteiger partial charge in [0, 0.05) is 17.0 Å². The summed E-state index contributed by atoms with van der Waals surface area (Å²) in [6.45, 7) is 3.50. The first kappa shape index (κ1) is 8.28. The highest BCUT2D eigenvalue weighted by atomic mass is 35.5. The van der Waals surface area contributed by atoms with Crippen LogP contribution in [0.25, 0.3) is 0 Å². The molecule has 0 aromatic heterocycles. The van der Waals surface area contributed by atoms with Crippen LogP contribution in [0, 0.1) is 6.92 Å². The summed E-state index contributed by atoms with van der Waals surface area (Å²) in [5.74, 6) is 0.0208. The lowest BCUT2D eigenvalue weighted by molar-refractivity contribution is 0.0995. The summed E-state index contributed by atoms with van der Waals surface area (Å²) in [7, 11) is 0. The molecule has 0 amide bonds. The SMILES string of the molecule is [CH2]CC(=O)c1cccc(Cl)c1. The summed E-state index contributed by atoms with van der Waals surface area (Å²) in [4.78, 5) is 11.0. The Kier molecular flexibility index (Phi) is 2.66. The quantitative estimate of drug-likeness (QED) is 0.619. The molecule has 57 valence electrons. The van der Waals surface area contributed by atoms with E-state index < -0.39 is 0 Å². The fourth-order valence-corrected chi connectivity index (χ4v) is 0.997. The molecular formula is C9H8ClO. The Morgan fingerprint density at radius 2 is 2.27 bits per heavy atom. The highest BCUT2D eigenvalue weighted by Gasteiger charge is 2.01. The first-order chi connectivity index (χ1) is 5.24. The number of hydrogen-bond acceptors (Lipinski definition) is 1. The van der Waals surface area contributed by atoms with Crippen LogP contribution in [0.4, 0.5) is 0 Å². The van der Waals surface area contributed by atoms with Gasteiger partial charge in [-0.2, -0.15) is 0 Å². The molecule has 0 aliphatic carbocycles. The molecule has 0 spiro atoms. The molecule has 1 radical (unpaired) electrons. The van der Waals surface area contributed by atoms with Crippen LogP contribution in [-0.2, 0) is 0 Å². The van der Waals surface area contributed by atoms with Crippen molar-refractivity contribution >= 4 is 17.4 Å². The Labute approximate surface area is 71.0 Å². The highest BCUT2D eigenvalue weighted by molar-refractivity contribution is 6.31. The van der Waals surface area contributed by atoms with E-state index in [0.717, 1.165) is 0 Å². The van der Waals surface area contributed by atoms with Crippen molar-refractivity contribution in [2.45, 2.75) is 6.42 Å². The zero-order chi connectivity index (χ0) is 8.27. The third-order valence-corrected chi connectivity index (χ3v) is 1.61. The summed E-state index contributed by atoms with van der Waals surface area (Å²) >= 11 is 5.67. The van der Waals surface area contributed by atoms with Crippen molar-refractivity contribution in [3.05, 3.63) is 41.8 Å². The zero-order valence-corrected chi connectivity index (χ0v) is 6.77. The molecule has 0 aliphatic rings. The molecular weight excluding hydrogens is 160 g/mol. The molecule has 1 nitrogen and oxygen atoms in total. The largest absolute Gasteiger partial charge is 0.294 e. The van der Waals surface area contributed by atoms with Crippen molar-refractivity contribution in [2.24, 2.45) is 0 Å². The molecule has 0 fully saturated rings. The Bertz CT molecular complexity index is 268. The minimum atomic E-state index is 0.0208. The second-order valence-corrected chi connectivity index (χ2v) is 2.62. The third-order valence-electron chi connectivity index (χ3n) is 1.37. The van der Waals surface area contributed by atoms with Gasteiger partial charge in [0.2, 0.25) is 0 Å². The van der Waals surface area contributed by atoms with Crippen molar-refractivity contribution < 1.29 is 4.79 Å². The van der Waals surface area contributed by atoms with Gasteiger partial charge in [0.05, 0.1) is 0 Å². The van der Waals surface area contributed by atoms with E-state index >= 15 is 0 Å². The predicted octanol–water partition coefficient (Wildman–Crippen LogP) is 2.75. The van der Waals surface area contributed by atoms with Crippen molar-refractivity contribution in [3.63, 3.8) is 0 Å².